The first-order valence-electron chi connectivity index (χ1n) is 8.55. The minimum Gasteiger partial charge on any atom is -0.508 e. The lowest BCUT2D eigenvalue weighted by Crippen LogP contribution is -2.42. The summed E-state index contributed by atoms with van der Waals surface area (Å²) in [6, 6.07) is 13.1. The van der Waals surface area contributed by atoms with Gasteiger partial charge in [-0.05, 0) is 42.7 Å². The van der Waals surface area contributed by atoms with E-state index in [9.17, 15) is 14.3 Å². The molecule has 0 unspecified atom stereocenters. The molecule has 1 aliphatic rings. The van der Waals surface area contributed by atoms with Crippen LogP contribution in [0.15, 0.2) is 48.5 Å². The molecule has 1 N–H and O–H groups in total. The highest BCUT2D eigenvalue weighted by Gasteiger charge is 2.24. The van der Waals surface area contributed by atoms with Gasteiger partial charge in [-0.1, -0.05) is 24.3 Å². The molecule has 2 aromatic carbocycles. The highest BCUT2D eigenvalue weighted by atomic mass is 19.1. The van der Waals surface area contributed by atoms with Crippen LogP contribution in [0.3, 0.4) is 0 Å². The number of halogens is 1. The fourth-order valence-corrected chi connectivity index (χ4v) is 3.10. The van der Waals surface area contributed by atoms with E-state index in [0.29, 0.717) is 19.6 Å². The van der Waals surface area contributed by atoms with E-state index in [1.807, 2.05) is 4.90 Å². The van der Waals surface area contributed by atoms with Crippen molar-refractivity contribution in [3.8, 4) is 11.5 Å². The standard InChI is InChI=1S/C20H22FNO3/c21-18-5-1-2-6-19(18)25-14-16-4-3-11-22(13-16)20(24)12-15-7-9-17(23)10-8-15/h1-2,5-10,16,23H,3-4,11-14H2/t16-/m1/s1. The van der Waals surface area contributed by atoms with Crippen LogP contribution in [-0.2, 0) is 11.2 Å². The molecule has 4 nitrogen and oxygen atoms in total. The van der Waals surface area contributed by atoms with E-state index in [-0.39, 0.29) is 29.1 Å². The maximum absolute atomic E-state index is 13.6. The zero-order valence-electron chi connectivity index (χ0n) is 14.0. The van der Waals surface area contributed by atoms with E-state index in [1.54, 1.807) is 42.5 Å². The van der Waals surface area contributed by atoms with Crippen molar-refractivity contribution in [3.05, 3.63) is 59.9 Å². The highest BCUT2D eigenvalue weighted by Crippen LogP contribution is 2.21. The van der Waals surface area contributed by atoms with Crippen molar-refractivity contribution in [2.24, 2.45) is 5.92 Å². The number of ether oxygens (including phenoxy) is 1. The van der Waals surface area contributed by atoms with Crippen LogP contribution in [0.2, 0.25) is 0 Å². The third-order valence-electron chi connectivity index (χ3n) is 4.47. The van der Waals surface area contributed by atoms with Gasteiger partial charge in [0.1, 0.15) is 5.75 Å². The Bertz CT molecular complexity index is 717. The number of amides is 1. The van der Waals surface area contributed by atoms with Gasteiger partial charge in [0.05, 0.1) is 13.0 Å². The lowest BCUT2D eigenvalue weighted by atomic mass is 9.98. The molecule has 5 heteroatoms. The largest absolute Gasteiger partial charge is 0.508 e. The molecule has 0 aromatic heterocycles. The van der Waals surface area contributed by atoms with Gasteiger partial charge < -0.3 is 14.7 Å². The second-order valence-electron chi connectivity index (χ2n) is 6.43. The van der Waals surface area contributed by atoms with Crippen LogP contribution in [0.25, 0.3) is 0 Å². The van der Waals surface area contributed by atoms with Gasteiger partial charge in [-0.3, -0.25) is 4.79 Å². The van der Waals surface area contributed by atoms with Crippen LogP contribution >= 0.6 is 0 Å². The van der Waals surface area contributed by atoms with E-state index in [2.05, 4.69) is 0 Å². The number of carbonyl (C=O) groups is 1. The first-order chi connectivity index (χ1) is 12.1. The summed E-state index contributed by atoms with van der Waals surface area (Å²) in [5.41, 5.74) is 0.882. The maximum Gasteiger partial charge on any atom is 0.227 e. The number of hydrogen-bond donors (Lipinski definition) is 1. The molecule has 1 fully saturated rings. The predicted molar refractivity (Wildman–Crippen MR) is 93.0 cm³/mol. The van der Waals surface area contributed by atoms with E-state index in [1.165, 1.54) is 6.07 Å². The summed E-state index contributed by atoms with van der Waals surface area (Å²) in [4.78, 5) is 14.3. The van der Waals surface area contributed by atoms with Gasteiger partial charge in [-0.2, -0.15) is 0 Å². The number of hydrogen-bond acceptors (Lipinski definition) is 3. The van der Waals surface area contributed by atoms with E-state index in [4.69, 9.17) is 4.74 Å². The van der Waals surface area contributed by atoms with Crippen LogP contribution < -0.4 is 4.74 Å². The molecule has 1 saturated heterocycles. The van der Waals surface area contributed by atoms with Crippen LogP contribution in [0.5, 0.6) is 11.5 Å². The SMILES string of the molecule is O=C(Cc1ccc(O)cc1)N1CCC[C@@H](COc2ccccc2F)C1. The zero-order chi connectivity index (χ0) is 17.6. The molecule has 2 aromatic rings. The fourth-order valence-electron chi connectivity index (χ4n) is 3.10. The number of piperidine rings is 1. The lowest BCUT2D eigenvalue weighted by Gasteiger charge is -2.32. The summed E-state index contributed by atoms with van der Waals surface area (Å²) in [6.45, 7) is 1.78. The van der Waals surface area contributed by atoms with Crippen molar-refractivity contribution >= 4 is 5.91 Å². The molecule has 1 heterocycles. The molecule has 1 atom stereocenters. The second-order valence-corrected chi connectivity index (χ2v) is 6.43. The maximum atomic E-state index is 13.6. The Morgan fingerprint density at radius 3 is 2.72 bits per heavy atom. The van der Waals surface area contributed by atoms with Crippen LogP contribution in [0.1, 0.15) is 18.4 Å². The Balaban J connectivity index is 1.52. The summed E-state index contributed by atoms with van der Waals surface area (Å²) < 4.78 is 19.2. The lowest BCUT2D eigenvalue weighted by molar-refractivity contribution is -0.132. The van der Waals surface area contributed by atoms with Gasteiger partial charge in [-0.15, -0.1) is 0 Å². The molecule has 0 radical (unpaired) electrons. The summed E-state index contributed by atoms with van der Waals surface area (Å²) in [5, 5.41) is 9.31. The first kappa shape index (κ1) is 17.3. The molecular weight excluding hydrogens is 321 g/mol. The summed E-state index contributed by atoms with van der Waals surface area (Å²) in [5.74, 6) is 0.367. The Morgan fingerprint density at radius 2 is 1.96 bits per heavy atom. The molecule has 1 amide bonds. The van der Waals surface area contributed by atoms with Crippen molar-refractivity contribution in [3.63, 3.8) is 0 Å². The molecule has 0 saturated carbocycles. The quantitative estimate of drug-likeness (QED) is 0.905. The number of likely N-dealkylation sites (tertiary alicyclic amines) is 1. The zero-order valence-corrected chi connectivity index (χ0v) is 14.0. The number of phenolic OH excluding ortho intramolecular Hbond substituents is 1. The Labute approximate surface area is 146 Å². The minimum absolute atomic E-state index is 0.0706. The Morgan fingerprint density at radius 1 is 1.20 bits per heavy atom. The van der Waals surface area contributed by atoms with Crippen molar-refractivity contribution in [1.29, 1.82) is 0 Å². The average Bonchev–Trinajstić information content (AvgIpc) is 2.63. The van der Waals surface area contributed by atoms with Gasteiger partial charge in [-0.25, -0.2) is 4.39 Å². The number of para-hydroxylation sites is 1. The van der Waals surface area contributed by atoms with Gasteiger partial charge in [0, 0.05) is 19.0 Å². The summed E-state index contributed by atoms with van der Waals surface area (Å²) in [7, 11) is 0. The van der Waals surface area contributed by atoms with Gasteiger partial charge >= 0.3 is 0 Å². The number of benzene rings is 2. The van der Waals surface area contributed by atoms with Gasteiger partial charge in [0.25, 0.3) is 0 Å². The molecule has 0 spiro atoms. The van der Waals surface area contributed by atoms with E-state index < -0.39 is 0 Å². The number of aromatic hydroxyl groups is 1. The van der Waals surface area contributed by atoms with E-state index in [0.717, 1.165) is 24.9 Å². The smallest absolute Gasteiger partial charge is 0.227 e. The minimum atomic E-state index is -0.362. The molecule has 0 aliphatic carbocycles. The van der Waals surface area contributed by atoms with Crippen molar-refractivity contribution in [1.82, 2.24) is 4.90 Å². The number of carbonyl (C=O) groups excluding carboxylic acids is 1. The monoisotopic (exact) mass is 343 g/mol. The number of nitrogens with zero attached hydrogens (tertiary/aromatic N) is 1. The van der Waals surface area contributed by atoms with Gasteiger partial charge in [0.2, 0.25) is 5.91 Å². The molecule has 0 bridgehead atoms. The highest BCUT2D eigenvalue weighted by molar-refractivity contribution is 5.78. The molecular formula is C20H22FNO3. The van der Waals surface area contributed by atoms with Crippen molar-refractivity contribution in [2.75, 3.05) is 19.7 Å². The normalized spacial score (nSPS) is 17.3. The topological polar surface area (TPSA) is 49.8 Å². The molecule has 132 valence electrons. The Hall–Kier alpha value is -2.56. The van der Waals surface area contributed by atoms with Crippen LogP contribution in [0, 0.1) is 11.7 Å². The van der Waals surface area contributed by atoms with Gasteiger partial charge in [0.15, 0.2) is 11.6 Å². The predicted octanol–water partition coefficient (Wildman–Crippen LogP) is 3.39. The Kier molecular flexibility index (Phi) is 5.53. The average molecular weight is 343 g/mol. The van der Waals surface area contributed by atoms with Crippen molar-refractivity contribution in [2.45, 2.75) is 19.3 Å². The third-order valence-corrected chi connectivity index (χ3v) is 4.47. The number of rotatable bonds is 5. The van der Waals surface area contributed by atoms with Crippen molar-refractivity contribution < 1.29 is 19.0 Å². The van der Waals surface area contributed by atoms with Crippen LogP contribution in [-0.4, -0.2) is 35.6 Å². The number of phenols is 1. The van der Waals surface area contributed by atoms with Crippen LogP contribution in [0.4, 0.5) is 4.39 Å². The third kappa shape index (κ3) is 4.72. The molecule has 25 heavy (non-hydrogen) atoms. The fraction of sp³-hybridized carbons (Fsp3) is 0.350. The van der Waals surface area contributed by atoms with E-state index >= 15 is 0 Å². The summed E-state index contributed by atoms with van der Waals surface area (Å²) >= 11 is 0. The second kappa shape index (κ2) is 8.01. The first-order valence-corrected chi connectivity index (χ1v) is 8.55. The molecule has 3 rings (SSSR count). The summed E-state index contributed by atoms with van der Waals surface area (Å²) in [6.07, 6.45) is 2.21. The molecule has 1 aliphatic heterocycles.